The van der Waals surface area contributed by atoms with Crippen LogP contribution in [0.5, 0.6) is 0 Å². The number of hydrogen-bond acceptors (Lipinski definition) is 5. The summed E-state index contributed by atoms with van der Waals surface area (Å²) in [6, 6.07) is 1.91. The van der Waals surface area contributed by atoms with Gasteiger partial charge in [0, 0.05) is 26.2 Å². The Balaban J connectivity index is 2.20. The van der Waals surface area contributed by atoms with Crippen LogP contribution in [0, 0.1) is 0 Å². The van der Waals surface area contributed by atoms with Crippen LogP contribution in [0.2, 0.25) is 5.02 Å². The Hall–Kier alpha value is -1.75. The molecule has 0 atom stereocenters. The van der Waals surface area contributed by atoms with E-state index < -0.39 is 0 Å². The highest BCUT2D eigenvalue weighted by Crippen LogP contribution is 2.23. The second kappa shape index (κ2) is 5.05. The Bertz CT molecular complexity index is 486. The summed E-state index contributed by atoms with van der Waals surface area (Å²) in [4.78, 5) is 10.3. The predicted molar refractivity (Wildman–Crippen MR) is 67.4 cm³/mol. The zero-order valence-electron chi connectivity index (χ0n) is 9.64. The van der Waals surface area contributed by atoms with Gasteiger partial charge in [-0.2, -0.15) is 4.98 Å². The van der Waals surface area contributed by atoms with Gasteiger partial charge in [0.05, 0.1) is 18.7 Å². The van der Waals surface area contributed by atoms with Gasteiger partial charge in [-0.15, -0.1) is 0 Å². The van der Waals surface area contributed by atoms with Gasteiger partial charge in [0.1, 0.15) is 5.02 Å². The van der Waals surface area contributed by atoms with Crippen molar-refractivity contribution in [3.63, 3.8) is 0 Å². The minimum atomic E-state index is 0.523. The Kier molecular flexibility index (Phi) is 3.49. The first-order valence-corrected chi connectivity index (χ1v) is 5.51. The third-order valence-corrected chi connectivity index (χ3v) is 2.58. The van der Waals surface area contributed by atoms with Gasteiger partial charge in [-0.1, -0.05) is 11.6 Å². The van der Waals surface area contributed by atoms with Gasteiger partial charge in [0.25, 0.3) is 0 Å². The first-order chi connectivity index (χ1) is 8.20. The SMILES string of the molecule is CNc1ncc(Cl)c(N(C)Cc2ccoc2)n1. The molecule has 0 saturated heterocycles. The Morgan fingerprint density at radius 3 is 3.00 bits per heavy atom. The van der Waals surface area contributed by atoms with Crippen molar-refractivity contribution in [2.24, 2.45) is 0 Å². The molecule has 90 valence electrons. The average Bonchev–Trinajstić information content (AvgIpc) is 2.82. The van der Waals surface area contributed by atoms with E-state index in [9.17, 15) is 0 Å². The number of rotatable bonds is 4. The molecule has 0 aliphatic heterocycles. The van der Waals surface area contributed by atoms with Crippen molar-refractivity contribution in [1.29, 1.82) is 0 Å². The second-order valence-corrected chi connectivity index (χ2v) is 4.01. The molecule has 0 aromatic carbocycles. The minimum absolute atomic E-state index is 0.523. The van der Waals surface area contributed by atoms with Crippen LogP contribution in [0.25, 0.3) is 0 Å². The van der Waals surface area contributed by atoms with E-state index in [1.165, 1.54) is 0 Å². The van der Waals surface area contributed by atoms with E-state index in [0.717, 1.165) is 5.56 Å². The maximum atomic E-state index is 6.07. The average molecular weight is 253 g/mol. The molecular formula is C11H13ClN4O. The molecule has 0 aliphatic carbocycles. The van der Waals surface area contributed by atoms with Gasteiger partial charge in [0.15, 0.2) is 5.82 Å². The van der Waals surface area contributed by atoms with Gasteiger partial charge in [-0.25, -0.2) is 4.98 Å². The van der Waals surface area contributed by atoms with E-state index in [1.807, 2.05) is 18.0 Å². The van der Waals surface area contributed by atoms with Crippen LogP contribution in [0.15, 0.2) is 29.2 Å². The molecule has 0 saturated carbocycles. The Morgan fingerprint density at radius 2 is 2.35 bits per heavy atom. The lowest BCUT2D eigenvalue weighted by Crippen LogP contribution is -2.18. The first-order valence-electron chi connectivity index (χ1n) is 5.13. The lowest BCUT2D eigenvalue weighted by Gasteiger charge is -2.18. The number of nitrogens with zero attached hydrogens (tertiary/aromatic N) is 3. The molecule has 2 heterocycles. The number of nitrogens with one attached hydrogen (secondary N) is 1. The largest absolute Gasteiger partial charge is 0.472 e. The minimum Gasteiger partial charge on any atom is -0.472 e. The zero-order chi connectivity index (χ0) is 12.3. The van der Waals surface area contributed by atoms with Gasteiger partial charge in [-0.05, 0) is 6.07 Å². The highest BCUT2D eigenvalue weighted by molar-refractivity contribution is 6.32. The predicted octanol–water partition coefficient (Wildman–Crippen LogP) is 2.40. The molecule has 0 aliphatic rings. The summed E-state index contributed by atoms with van der Waals surface area (Å²) in [7, 11) is 3.68. The van der Waals surface area contributed by atoms with E-state index >= 15 is 0 Å². The number of aromatic nitrogens is 2. The molecule has 17 heavy (non-hydrogen) atoms. The third kappa shape index (κ3) is 2.68. The summed E-state index contributed by atoms with van der Waals surface area (Å²) >= 11 is 6.07. The molecular weight excluding hydrogens is 240 g/mol. The molecule has 2 rings (SSSR count). The standard InChI is InChI=1S/C11H13ClN4O/c1-13-11-14-5-9(12)10(15-11)16(2)6-8-3-4-17-7-8/h3-5,7H,6H2,1-2H3,(H,13,14,15). The molecule has 0 radical (unpaired) electrons. The first kappa shape index (κ1) is 11.7. The molecule has 0 spiro atoms. The molecule has 5 nitrogen and oxygen atoms in total. The van der Waals surface area contributed by atoms with E-state index in [2.05, 4.69) is 15.3 Å². The van der Waals surface area contributed by atoms with Crippen LogP contribution in [0.4, 0.5) is 11.8 Å². The van der Waals surface area contributed by atoms with Gasteiger partial charge >= 0.3 is 0 Å². The molecule has 0 fully saturated rings. The van der Waals surface area contributed by atoms with Gasteiger partial charge in [-0.3, -0.25) is 0 Å². The van der Waals surface area contributed by atoms with Crippen LogP contribution in [0.3, 0.4) is 0 Å². The summed E-state index contributed by atoms with van der Waals surface area (Å²) in [5.74, 6) is 1.23. The van der Waals surface area contributed by atoms with Crippen molar-refractivity contribution in [2.45, 2.75) is 6.54 Å². The van der Waals surface area contributed by atoms with Crippen molar-refractivity contribution in [3.8, 4) is 0 Å². The number of hydrogen-bond donors (Lipinski definition) is 1. The summed E-state index contributed by atoms with van der Waals surface area (Å²) in [6.07, 6.45) is 4.93. The second-order valence-electron chi connectivity index (χ2n) is 3.60. The van der Waals surface area contributed by atoms with E-state index in [-0.39, 0.29) is 0 Å². The molecule has 6 heteroatoms. The summed E-state index contributed by atoms with van der Waals surface area (Å²) < 4.78 is 5.02. The maximum absolute atomic E-state index is 6.07. The monoisotopic (exact) mass is 252 g/mol. The van der Waals surface area contributed by atoms with Crippen LogP contribution >= 0.6 is 11.6 Å². The zero-order valence-corrected chi connectivity index (χ0v) is 10.4. The smallest absolute Gasteiger partial charge is 0.224 e. The van der Waals surface area contributed by atoms with Crippen molar-refractivity contribution >= 4 is 23.4 Å². The number of furan rings is 1. The quantitative estimate of drug-likeness (QED) is 0.906. The topological polar surface area (TPSA) is 54.2 Å². The molecule has 0 unspecified atom stereocenters. The van der Waals surface area contributed by atoms with Gasteiger partial charge in [0.2, 0.25) is 5.95 Å². The molecule has 2 aromatic rings. The van der Waals surface area contributed by atoms with E-state index in [0.29, 0.717) is 23.3 Å². The van der Waals surface area contributed by atoms with Crippen molar-refractivity contribution in [2.75, 3.05) is 24.3 Å². The van der Waals surface area contributed by atoms with Crippen LogP contribution in [-0.4, -0.2) is 24.1 Å². The van der Waals surface area contributed by atoms with Crippen LogP contribution < -0.4 is 10.2 Å². The Morgan fingerprint density at radius 1 is 1.53 bits per heavy atom. The summed E-state index contributed by atoms with van der Waals surface area (Å²) in [5, 5.41) is 3.41. The van der Waals surface area contributed by atoms with Crippen molar-refractivity contribution in [1.82, 2.24) is 9.97 Å². The van der Waals surface area contributed by atoms with Crippen LogP contribution in [-0.2, 0) is 6.54 Å². The lowest BCUT2D eigenvalue weighted by molar-refractivity contribution is 0.563. The number of halogens is 1. The van der Waals surface area contributed by atoms with Crippen molar-refractivity contribution < 1.29 is 4.42 Å². The molecule has 1 N–H and O–H groups in total. The van der Waals surface area contributed by atoms with E-state index in [1.54, 1.807) is 25.8 Å². The molecule has 0 bridgehead atoms. The fourth-order valence-electron chi connectivity index (χ4n) is 1.48. The summed E-state index contributed by atoms with van der Waals surface area (Å²) in [6.45, 7) is 0.677. The lowest BCUT2D eigenvalue weighted by atomic mass is 10.3. The van der Waals surface area contributed by atoms with Crippen molar-refractivity contribution in [3.05, 3.63) is 35.4 Å². The highest BCUT2D eigenvalue weighted by atomic mass is 35.5. The maximum Gasteiger partial charge on any atom is 0.224 e. The molecule has 2 aromatic heterocycles. The fraction of sp³-hybridized carbons (Fsp3) is 0.273. The fourth-order valence-corrected chi connectivity index (χ4v) is 1.71. The van der Waals surface area contributed by atoms with Gasteiger partial charge < -0.3 is 14.6 Å². The molecule has 0 amide bonds. The summed E-state index contributed by atoms with van der Waals surface area (Å²) in [5.41, 5.74) is 1.06. The Labute approximate surface area is 104 Å². The normalized spacial score (nSPS) is 10.3. The van der Waals surface area contributed by atoms with E-state index in [4.69, 9.17) is 16.0 Å². The third-order valence-electron chi connectivity index (χ3n) is 2.31. The van der Waals surface area contributed by atoms with Crippen LogP contribution in [0.1, 0.15) is 5.56 Å². The number of anilines is 2. The highest BCUT2D eigenvalue weighted by Gasteiger charge is 2.10.